The fourth-order valence-electron chi connectivity index (χ4n) is 3.39. The maximum absolute atomic E-state index is 13.2. The maximum Gasteiger partial charge on any atom is 0.419 e. The van der Waals surface area contributed by atoms with Gasteiger partial charge in [0, 0.05) is 19.3 Å². The van der Waals surface area contributed by atoms with Gasteiger partial charge >= 0.3 is 6.18 Å². The van der Waals surface area contributed by atoms with Crippen molar-refractivity contribution >= 4 is 11.7 Å². The Kier molecular flexibility index (Phi) is 4.58. The van der Waals surface area contributed by atoms with E-state index >= 15 is 0 Å². The number of hydrogen-bond donors (Lipinski definition) is 1. The van der Waals surface area contributed by atoms with Crippen molar-refractivity contribution in [2.75, 3.05) is 18.0 Å². The first-order valence-corrected chi connectivity index (χ1v) is 8.35. The predicted octanol–water partition coefficient (Wildman–Crippen LogP) is 2.88. The van der Waals surface area contributed by atoms with Gasteiger partial charge in [-0.05, 0) is 44.2 Å². The van der Waals surface area contributed by atoms with E-state index in [0.717, 1.165) is 12.5 Å². The zero-order valence-corrected chi connectivity index (χ0v) is 13.6. The van der Waals surface area contributed by atoms with Crippen LogP contribution in [0.25, 0.3) is 0 Å². The highest BCUT2D eigenvalue weighted by atomic mass is 19.4. The number of piperidine rings is 1. The van der Waals surface area contributed by atoms with Crippen LogP contribution in [0.2, 0.25) is 0 Å². The number of alkyl halides is 3. The molecule has 25 heavy (non-hydrogen) atoms. The minimum Gasteiger partial charge on any atom is -0.355 e. The Morgan fingerprint density at radius 3 is 2.76 bits per heavy atom. The smallest absolute Gasteiger partial charge is 0.355 e. The Labute approximate surface area is 143 Å². The van der Waals surface area contributed by atoms with E-state index in [1.807, 2.05) is 0 Å². The van der Waals surface area contributed by atoms with Crippen LogP contribution >= 0.6 is 0 Å². The van der Waals surface area contributed by atoms with Crippen LogP contribution in [-0.4, -0.2) is 29.5 Å². The second-order valence-corrected chi connectivity index (χ2v) is 6.69. The lowest BCUT2D eigenvalue weighted by Gasteiger charge is -2.39. The minimum atomic E-state index is -4.49. The number of halogens is 3. The Morgan fingerprint density at radius 2 is 2.16 bits per heavy atom. The molecule has 1 amide bonds. The summed E-state index contributed by atoms with van der Waals surface area (Å²) in [5.74, 6) is -0.829. The van der Waals surface area contributed by atoms with Crippen LogP contribution in [0.1, 0.15) is 37.7 Å². The van der Waals surface area contributed by atoms with Crippen molar-refractivity contribution in [3.8, 4) is 6.07 Å². The second kappa shape index (κ2) is 6.54. The normalized spacial score (nSPS) is 22.6. The first-order valence-electron chi connectivity index (χ1n) is 8.35. The van der Waals surface area contributed by atoms with Gasteiger partial charge in [-0.3, -0.25) is 4.79 Å². The molecule has 2 heterocycles. The SMILES string of the molecule is N#CC1(NC(=O)C2CCCN(c3ncccc3C(F)(F)F)C2)CCC1. The van der Waals surface area contributed by atoms with Crippen molar-refractivity contribution < 1.29 is 18.0 Å². The van der Waals surface area contributed by atoms with Gasteiger partial charge in [0.15, 0.2) is 0 Å². The molecule has 0 spiro atoms. The van der Waals surface area contributed by atoms with Gasteiger partial charge in [-0.25, -0.2) is 4.98 Å². The highest BCUT2D eigenvalue weighted by molar-refractivity contribution is 5.81. The fraction of sp³-hybridized carbons (Fsp3) is 0.588. The van der Waals surface area contributed by atoms with E-state index in [-0.39, 0.29) is 18.3 Å². The molecule has 1 saturated heterocycles. The van der Waals surface area contributed by atoms with Gasteiger partial charge in [-0.15, -0.1) is 0 Å². The minimum absolute atomic E-state index is 0.133. The largest absolute Gasteiger partial charge is 0.419 e. The van der Waals surface area contributed by atoms with Crippen LogP contribution in [0, 0.1) is 17.2 Å². The number of nitrogens with one attached hydrogen (secondary N) is 1. The van der Waals surface area contributed by atoms with Crippen molar-refractivity contribution in [3.63, 3.8) is 0 Å². The highest BCUT2D eigenvalue weighted by Crippen LogP contribution is 2.37. The molecule has 1 aromatic rings. The lowest BCUT2D eigenvalue weighted by molar-refractivity contribution is -0.137. The molecule has 1 aliphatic heterocycles. The van der Waals surface area contributed by atoms with E-state index in [1.165, 1.54) is 17.2 Å². The topological polar surface area (TPSA) is 69.0 Å². The highest BCUT2D eigenvalue weighted by Gasteiger charge is 2.41. The van der Waals surface area contributed by atoms with Crippen molar-refractivity contribution in [1.82, 2.24) is 10.3 Å². The molecule has 0 radical (unpaired) electrons. The summed E-state index contributed by atoms with van der Waals surface area (Å²) in [6, 6.07) is 4.41. The zero-order chi connectivity index (χ0) is 18.1. The quantitative estimate of drug-likeness (QED) is 0.908. The van der Waals surface area contributed by atoms with Gasteiger partial charge in [0.05, 0.1) is 17.6 Å². The van der Waals surface area contributed by atoms with Gasteiger partial charge in [0.2, 0.25) is 5.91 Å². The van der Waals surface area contributed by atoms with Crippen LogP contribution in [0.15, 0.2) is 18.3 Å². The van der Waals surface area contributed by atoms with Crippen molar-refractivity contribution in [3.05, 3.63) is 23.9 Å². The van der Waals surface area contributed by atoms with Gasteiger partial charge in [0.1, 0.15) is 11.4 Å². The average molecular weight is 352 g/mol. The molecule has 1 aromatic heterocycles. The molecule has 8 heteroatoms. The van der Waals surface area contributed by atoms with Crippen LogP contribution in [0.4, 0.5) is 19.0 Å². The van der Waals surface area contributed by atoms with E-state index < -0.39 is 23.2 Å². The number of carbonyl (C=O) groups excluding carboxylic acids is 1. The lowest BCUT2D eigenvalue weighted by atomic mass is 9.77. The fourth-order valence-corrected chi connectivity index (χ4v) is 3.39. The van der Waals surface area contributed by atoms with Crippen LogP contribution in [0.3, 0.4) is 0 Å². The summed E-state index contributed by atoms with van der Waals surface area (Å²) < 4.78 is 39.6. The van der Waals surface area contributed by atoms with Crippen LogP contribution < -0.4 is 10.2 Å². The van der Waals surface area contributed by atoms with E-state index in [1.54, 1.807) is 0 Å². The Balaban J connectivity index is 1.74. The third-order valence-electron chi connectivity index (χ3n) is 4.97. The molecule has 0 bridgehead atoms. The van der Waals surface area contributed by atoms with Gasteiger partial charge < -0.3 is 10.2 Å². The molecule has 1 unspecified atom stereocenters. The number of aromatic nitrogens is 1. The van der Waals surface area contributed by atoms with Gasteiger partial charge in [-0.1, -0.05) is 0 Å². The second-order valence-electron chi connectivity index (χ2n) is 6.69. The standard InChI is InChI=1S/C17H19F3N4O/c18-17(19,20)13-5-1-8-22-14(13)24-9-2-4-12(10-24)15(25)23-16(11-21)6-3-7-16/h1,5,8,12H,2-4,6-7,9-10H2,(H,23,25). The molecular weight excluding hydrogens is 333 g/mol. The number of rotatable bonds is 3. The van der Waals surface area contributed by atoms with E-state index in [4.69, 9.17) is 0 Å². The molecule has 1 aliphatic carbocycles. The third-order valence-corrected chi connectivity index (χ3v) is 4.97. The summed E-state index contributed by atoms with van der Waals surface area (Å²) in [5.41, 5.74) is -1.58. The van der Waals surface area contributed by atoms with E-state index in [0.29, 0.717) is 32.2 Å². The lowest BCUT2D eigenvalue weighted by Crippen LogP contribution is -2.55. The summed E-state index contributed by atoms with van der Waals surface area (Å²) >= 11 is 0. The molecule has 1 atom stereocenters. The summed E-state index contributed by atoms with van der Waals surface area (Å²) in [5, 5.41) is 12.0. The molecule has 1 N–H and O–H groups in total. The molecule has 2 fully saturated rings. The van der Waals surface area contributed by atoms with Gasteiger partial charge in [0.25, 0.3) is 0 Å². The summed E-state index contributed by atoms with van der Waals surface area (Å²) in [7, 11) is 0. The van der Waals surface area contributed by atoms with Crippen molar-refractivity contribution in [1.29, 1.82) is 5.26 Å². The Hall–Kier alpha value is -2.30. The molecule has 0 aromatic carbocycles. The van der Waals surface area contributed by atoms with Gasteiger partial charge in [-0.2, -0.15) is 18.4 Å². The molecule has 2 aliphatic rings. The molecule has 3 rings (SSSR count). The summed E-state index contributed by atoms with van der Waals surface area (Å²) in [4.78, 5) is 17.9. The maximum atomic E-state index is 13.2. The first kappa shape index (κ1) is 17.5. The first-order chi connectivity index (χ1) is 11.8. The van der Waals surface area contributed by atoms with Crippen molar-refractivity contribution in [2.45, 2.75) is 43.8 Å². The average Bonchev–Trinajstić information content (AvgIpc) is 2.57. The Morgan fingerprint density at radius 1 is 1.40 bits per heavy atom. The van der Waals surface area contributed by atoms with E-state index in [2.05, 4.69) is 16.4 Å². The number of pyridine rings is 1. The molecule has 5 nitrogen and oxygen atoms in total. The number of anilines is 1. The monoisotopic (exact) mass is 352 g/mol. The summed E-state index contributed by atoms with van der Waals surface area (Å²) in [6.45, 7) is 0.598. The molecule has 134 valence electrons. The van der Waals surface area contributed by atoms with Crippen LogP contribution in [0.5, 0.6) is 0 Å². The molecule has 1 saturated carbocycles. The number of nitriles is 1. The van der Waals surface area contributed by atoms with Crippen LogP contribution in [-0.2, 0) is 11.0 Å². The third kappa shape index (κ3) is 3.55. The summed E-state index contributed by atoms with van der Waals surface area (Å²) in [6.07, 6.45) is 0.189. The number of nitrogens with zero attached hydrogens (tertiary/aromatic N) is 3. The predicted molar refractivity (Wildman–Crippen MR) is 84.5 cm³/mol. The van der Waals surface area contributed by atoms with E-state index in [9.17, 15) is 23.2 Å². The molecular formula is C17H19F3N4O. The number of carbonyl (C=O) groups is 1. The zero-order valence-electron chi connectivity index (χ0n) is 13.6. The Bertz CT molecular complexity index is 694. The van der Waals surface area contributed by atoms with Crippen molar-refractivity contribution in [2.24, 2.45) is 5.92 Å². The number of hydrogen-bond acceptors (Lipinski definition) is 4. The number of amides is 1.